The molecule has 6 rings (SSSR count). The summed E-state index contributed by atoms with van der Waals surface area (Å²) in [5.41, 5.74) is -0.998. The molecule has 0 spiro atoms. The number of sulfonamides is 1. The number of halogens is 2. The van der Waals surface area contributed by atoms with Gasteiger partial charge >= 0.3 is 6.09 Å². The molecule has 1 N–H and O–H groups in total. The first-order chi connectivity index (χ1) is 16.7. The number of benzene rings is 1. The lowest BCUT2D eigenvalue weighted by Crippen LogP contribution is -2.61. The van der Waals surface area contributed by atoms with E-state index in [1.807, 2.05) is 0 Å². The fourth-order valence-corrected chi connectivity index (χ4v) is 7.88. The lowest BCUT2D eigenvalue weighted by molar-refractivity contribution is -0.0744. The van der Waals surface area contributed by atoms with E-state index < -0.39 is 50.3 Å². The zero-order chi connectivity index (χ0) is 24.4. The number of likely N-dealkylation sites (tertiary alicyclic amines) is 1. The third-order valence-corrected chi connectivity index (χ3v) is 10.0. The van der Waals surface area contributed by atoms with Crippen molar-refractivity contribution in [1.82, 2.24) is 14.5 Å². The van der Waals surface area contributed by atoms with Gasteiger partial charge in [0.1, 0.15) is 17.2 Å². The Morgan fingerprint density at radius 1 is 1.06 bits per heavy atom. The Hall–Kier alpha value is -1.82. The molecule has 8 nitrogen and oxygen atoms in total. The predicted molar refractivity (Wildman–Crippen MR) is 121 cm³/mol. The predicted octanol–water partition coefficient (Wildman–Crippen LogP) is 2.63. The summed E-state index contributed by atoms with van der Waals surface area (Å²) < 4.78 is 69.0. The summed E-state index contributed by atoms with van der Waals surface area (Å²) in [6.45, 7) is 1.41. The van der Waals surface area contributed by atoms with E-state index in [0.29, 0.717) is 44.3 Å². The van der Waals surface area contributed by atoms with Crippen LogP contribution in [0, 0.1) is 17.6 Å². The number of carbonyl (C=O) groups excluding carboxylic acids is 1. The van der Waals surface area contributed by atoms with Crippen LogP contribution in [0.25, 0.3) is 0 Å². The highest BCUT2D eigenvalue weighted by Gasteiger charge is 2.61. The topological polar surface area (TPSA) is 88.2 Å². The third-order valence-electron chi connectivity index (χ3n) is 8.08. The van der Waals surface area contributed by atoms with Crippen LogP contribution < -0.4 is 5.32 Å². The van der Waals surface area contributed by atoms with Crippen molar-refractivity contribution in [3.63, 3.8) is 0 Å². The molecule has 0 radical (unpaired) electrons. The molecule has 11 heteroatoms. The minimum absolute atomic E-state index is 0.0677. The monoisotopic (exact) mass is 511 g/mol. The summed E-state index contributed by atoms with van der Waals surface area (Å²) in [6.07, 6.45) is 5.31. The first-order valence-electron chi connectivity index (χ1n) is 12.5. The molecule has 4 atom stereocenters. The highest BCUT2D eigenvalue weighted by Crippen LogP contribution is 2.49. The first kappa shape index (κ1) is 23.6. The van der Waals surface area contributed by atoms with Gasteiger partial charge < -0.3 is 19.7 Å². The lowest BCUT2D eigenvalue weighted by atomic mass is 10.0. The van der Waals surface area contributed by atoms with Crippen molar-refractivity contribution in [2.24, 2.45) is 5.92 Å². The second-order valence-corrected chi connectivity index (χ2v) is 12.6. The molecule has 1 amide bonds. The number of rotatable bonds is 6. The van der Waals surface area contributed by atoms with E-state index in [0.717, 1.165) is 37.8 Å². The maximum Gasteiger partial charge on any atom is 0.410 e. The quantitative estimate of drug-likeness (QED) is 0.632. The summed E-state index contributed by atoms with van der Waals surface area (Å²) >= 11 is 0. The van der Waals surface area contributed by atoms with Crippen LogP contribution in [0.5, 0.6) is 0 Å². The van der Waals surface area contributed by atoms with E-state index in [1.54, 1.807) is 4.90 Å². The van der Waals surface area contributed by atoms with Crippen LogP contribution in [0.15, 0.2) is 23.1 Å². The number of hydrogen-bond donors (Lipinski definition) is 1. The van der Waals surface area contributed by atoms with Crippen molar-refractivity contribution in [1.29, 1.82) is 0 Å². The van der Waals surface area contributed by atoms with Gasteiger partial charge in [0.05, 0.1) is 24.2 Å². The Balaban J connectivity index is 1.29. The Morgan fingerprint density at radius 2 is 1.71 bits per heavy atom. The van der Waals surface area contributed by atoms with Crippen molar-refractivity contribution >= 4 is 16.1 Å². The maximum atomic E-state index is 14.0. The van der Waals surface area contributed by atoms with Crippen LogP contribution >= 0.6 is 0 Å². The summed E-state index contributed by atoms with van der Waals surface area (Å²) in [5, 5.41) is 3.48. The smallest absolute Gasteiger partial charge is 0.410 e. The lowest BCUT2D eigenvalue weighted by Gasteiger charge is -2.44. The number of nitrogens with zero attached hydrogens (tertiary/aromatic N) is 2. The van der Waals surface area contributed by atoms with Gasteiger partial charge in [0, 0.05) is 37.3 Å². The molecule has 0 aromatic heterocycles. The van der Waals surface area contributed by atoms with Crippen molar-refractivity contribution in [3.8, 4) is 0 Å². The fraction of sp³-hybridized carbons (Fsp3) is 0.708. The Labute approximate surface area is 204 Å². The number of hydrogen-bond acceptors (Lipinski definition) is 6. The van der Waals surface area contributed by atoms with E-state index in [-0.39, 0.29) is 25.3 Å². The van der Waals surface area contributed by atoms with Crippen LogP contribution in [0.4, 0.5) is 13.6 Å². The molecule has 3 aliphatic heterocycles. The number of carbonyl (C=O) groups is 1. The second kappa shape index (κ2) is 8.64. The summed E-state index contributed by atoms with van der Waals surface area (Å²) in [5.74, 6) is -1.50. The Morgan fingerprint density at radius 3 is 2.31 bits per heavy atom. The van der Waals surface area contributed by atoms with Crippen LogP contribution in [0.3, 0.4) is 0 Å². The van der Waals surface area contributed by atoms with Gasteiger partial charge in [-0.15, -0.1) is 0 Å². The fourth-order valence-electron chi connectivity index (χ4n) is 5.99. The third kappa shape index (κ3) is 4.56. The molecule has 3 heterocycles. The summed E-state index contributed by atoms with van der Waals surface area (Å²) in [7, 11) is -4.28. The van der Waals surface area contributed by atoms with E-state index in [1.165, 1.54) is 4.31 Å². The molecular weight excluding hydrogens is 480 g/mol. The minimum Gasteiger partial charge on any atom is -0.441 e. The Kier molecular flexibility index (Phi) is 5.82. The van der Waals surface area contributed by atoms with Gasteiger partial charge in [-0.25, -0.2) is 22.0 Å². The average molecular weight is 512 g/mol. The summed E-state index contributed by atoms with van der Waals surface area (Å²) in [4.78, 5) is 14.5. The van der Waals surface area contributed by atoms with Crippen molar-refractivity contribution in [3.05, 3.63) is 29.8 Å². The van der Waals surface area contributed by atoms with Gasteiger partial charge in [0.15, 0.2) is 0 Å². The highest BCUT2D eigenvalue weighted by atomic mass is 32.2. The Bertz CT molecular complexity index is 1080. The molecule has 2 bridgehead atoms. The van der Waals surface area contributed by atoms with Gasteiger partial charge in [-0.1, -0.05) is 12.8 Å². The van der Waals surface area contributed by atoms with E-state index >= 15 is 0 Å². The van der Waals surface area contributed by atoms with Crippen molar-refractivity contribution < 1.29 is 31.5 Å². The normalized spacial score (nSPS) is 32.5. The first-order valence-corrected chi connectivity index (χ1v) is 14.0. The highest BCUT2D eigenvalue weighted by molar-refractivity contribution is 7.89. The molecule has 1 aromatic rings. The number of ether oxygens (including phenoxy) is 2. The molecule has 5 fully saturated rings. The van der Waals surface area contributed by atoms with E-state index in [4.69, 9.17) is 9.47 Å². The van der Waals surface area contributed by atoms with E-state index in [2.05, 4.69) is 5.32 Å². The number of nitrogens with one attached hydrogen (secondary N) is 1. The average Bonchev–Trinajstić information content (AvgIpc) is 3.74. The van der Waals surface area contributed by atoms with Crippen LogP contribution in [0.2, 0.25) is 0 Å². The molecule has 2 aliphatic carbocycles. The largest absolute Gasteiger partial charge is 0.441 e. The number of amides is 1. The maximum absolute atomic E-state index is 14.0. The van der Waals surface area contributed by atoms with Crippen LogP contribution in [0.1, 0.15) is 44.9 Å². The van der Waals surface area contributed by atoms with Gasteiger partial charge in [0.2, 0.25) is 10.0 Å². The number of morpholine rings is 1. The van der Waals surface area contributed by atoms with Crippen LogP contribution in [-0.4, -0.2) is 79.8 Å². The molecule has 5 aliphatic rings. The molecular formula is C24H31F2N3O5S. The molecule has 1 aromatic carbocycles. The SMILES string of the molecule is O=C(OC1([C@H]2COC[C@@H](CC3CC3)N2S(=O)(=O)c2cc(F)cc(F)c2)CC1)N1CC2CCC(C1)N2. The second-order valence-electron chi connectivity index (χ2n) is 10.8. The van der Waals surface area contributed by atoms with Gasteiger partial charge in [-0.2, -0.15) is 4.31 Å². The molecule has 35 heavy (non-hydrogen) atoms. The molecule has 2 unspecified atom stereocenters. The molecule has 2 saturated carbocycles. The standard InChI is InChI=1S/C24H31F2N3O5S/c25-16-8-17(26)10-21(9-16)35(31,32)29-20(7-15-1-2-15)13-33-14-22(29)24(5-6-24)34-23(30)28-11-18-3-4-19(12-28)27-18/h8-10,15,18-20,22,27H,1-7,11-14H2/t18?,19?,20-,22-/m1/s1. The van der Waals surface area contributed by atoms with Gasteiger partial charge in [0.25, 0.3) is 0 Å². The number of fused-ring (bicyclic) bond motifs is 2. The zero-order valence-electron chi connectivity index (χ0n) is 19.5. The number of piperazine rings is 1. The van der Waals surface area contributed by atoms with Crippen LogP contribution in [-0.2, 0) is 19.5 Å². The minimum atomic E-state index is -4.28. The summed E-state index contributed by atoms with van der Waals surface area (Å²) in [6, 6.07) is 1.64. The molecule has 192 valence electrons. The van der Waals surface area contributed by atoms with Crippen molar-refractivity contribution in [2.45, 2.75) is 79.6 Å². The van der Waals surface area contributed by atoms with E-state index in [9.17, 15) is 22.0 Å². The van der Waals surface area contributed by atoms with Crippen molar-refractivity contribution in [2.75, 3.05) is 26.3 Å². The van der Waals surface area contributed by atoms with Gasteiger partial charge in [-0.3, -0.25) is 0 Å². The molecule has 3 saturated heterocycles. The zero-order valence-corrected chi connectivity index (χ0v) is 20.3. The van der Waals surface area contributed by atoms with Gasteiger partial charge in [-0.05, 0) is 50.2 Å².